The normalized spacial score (nSPS) is 11.7. The van der Waals surface area contributed by atoms with Crippen molar-refractivity contribution in [2.45, 2.75) is 12.8 Å². The molecule has 0 unspecified atom stereocenters. The average Bonchev–Trinajstić information content (AvgIpc) is 3.09. The molecule has 0 radical (unpaired) electrons. The fourth-order valence-electron chi connectivity index (χ4n) is 2.49. The lowest BCUT2D eigenvalue weighted by molar-refractivity contribution is -0.274. The fraction of sp³-hybridized carbons (Fsp3) is 0.100. The molecule has 0 saturated heterocycles. The van der Waals surface area contributed by atoms with Gasteiger partial charge in [0.25, 0.3) is 0 Å². The molecule has 4 nitrogen and oxygen atoms in total. The van der Waals surface area contributed by atoms with Crippen LogP contribution in [0.5, 0.6) is 5.75 Å². The van der Waals surface area contributed by atoms with E-state index in [1.807, 2.05) is 17.5 Å². The van der Waals surface area contributed by atoms with Gasteiger partial charge in [-0.25, -0.2) is 4.98 Å². The summed E-state index contributed by atoms with van der Waals surface area (Å²) < 4.78 is 40.5. The molecule has 0 fully saturated rings. The number of alkyl halides is 3. The van der Waals surface area contributed by atoms with Crippen LogP contribution in [0.1, 0.15) is 16.8 Å². The number of aromatic nitrogens is 1. The quantitative estimate of drug-likeness (QED) is 0.588. The highest BCUT2D eigenvalue weighted by atomic mass is 32.1. The molecule has 0 aliphatic heterocycles. The molecule has 28 heavy (non-hydrogen) atoms. The smallest absolute Gasteiger partial charge is 0.481 e. The Morgan fingerprint density at radius 1 is 1.11 bits per heavy atom. The first-order valence-corrected chi connectivity index (χ1v) is 8.97. The van der Waals surface area contributed by atoms with Gasteiger partial charge in [0, 0.05) is 10.9 Å². The number of halogens is 3. The zero-order chi connectivity index (χ0) is 20.1. The van der Waals surface area contributed by atoms with Gasteiger partial charge in [-0.3, -0.25) is 4.79 Å². The second-order valence-electron chi connectivity index (χ2n) is 5.75. The number of rotatable bonds is 6. The van der Waals surface area contributed by atoms with E-state index < -0.39 is 12.3 Å². The first-order chi connectivity index (χ1) is 13.3. The molecule has 0 atom stereocenters. The lowest BCUT2D eigenvalue weighted by Crippen LogP contribution is -2.16. The van der Waals surface area contributed by atoms with Crippen LogP contribution >= 0.6 is 11.3 Å². The summed E-state index contributed by atoms with van der Waals surface area (Å²) in [4.78, 5) is 15.4. The van der Waals surface area contributed by atoms with Crippen molar-refractivity contribution in [1.82, 2.24) is 4.98 Å². The first kappa shape index (κ1) is 19.6. The van der Waals surface area contributed by atoms with Crippen LogP contribution in [-0.2, 0) is 11.2 Å². The summed E-state index contributed by atoms with van der Waals surface area (Å²) >= 11 is 1.35. The van der Waals surface area contributed by atoms with Gasteiger partial charge >= 0.3 is 12.3 Å². The van der Waals surface area contributed by atoms with Gasteiger partial charge in [0.05, 0.1) is 12.1 Å². The average molecular weight is 405 g/mol. The maximum absolute atomic E-state index is 12.2. The van der Waals surface area contributed by atoms with Crippen LogP contribution in [0.3, 0.4) is 0 Å². The fourth-order valence-corrected chi connectivity index (χ4v) is 3.28. The third-order valence-electron chi connectivity index (χ3n) is 3.69. The highest BCUT2D eigenvalue weighted by molar-refractivity contribution is 7.13. The SMILES string of the molecule is O=C(O)Cc1ccccc1C=Cc1csc(-c2ccc(OC(F)(F)F)cc2)n1. The van der Waals surface area contributed by atoms with Crippen LogP contribution in [0.2, 0.25) is 0 Å². The van der Waals surface area contributed by atoms with Crippen molar-refractivity contribution >= 4 is 29.5 Å². The third-order valence-corrected chi connectivity index (χ3v) is 4.60. The van der Waals surface area contributed by atoms with Gasteiger partial charge in [-0.2, -0.15) is 0 Å². The number of hydrogen-bond acceptors (Lipinski definition) is 4. The van der Waals surface area contributed by atoms with Crippen molar-refractivity contribution in [2.75, 3.05) is 0 Å². The van der Waals surface area contributed by atoms with Crippen molar-refractivity contribution in [3.8, 4) is 16.3 Å². The molecule has 0 saturated carbocycles. The summed E-state index contributed by atoms with van der Waals surface area (Å²) in [5.41, 5.74) is 2.82. The first-order valence-electron chi connectivity index (χ1n) is 8.10. The minimum Gasteiger partial charge on any atom is -0.481 e. The minimum atomic E-state index is -4.72. The summed E-state index contributed by atoms with van der Waals surface area (Å²) in [5, 5.41) is 11.4. The van der Waals surface area contributed by atoms with Crippen molar-refractivity contribution in [3.05, 3.63) is 70.7 Å². The van der Waals surface area contributed by atoms with E-state index in [0.29, 0.717) is 21.8 Å². The number of benzene rings is 2. The molecule has 0 aliphatic rings. The molecule has 0 aliphatic carbocycles. The van der Waals surface area contributed by atoms with E-state index in [-0.39, 0.29) is 12.2 Å². The molecular formula is C20H14F3NO3S. The van der Waals surface area contributed by atoms with E-state index in [1.165, 1.54) is 35.6 Å². The Bertz CT molecular complexity index is 994. The predicted octanol–water partition coefficient (Wildman–Crippen LogP) is 5.51. The topological polar surface area (TPSA) is 59.4 Å². The number of hydrogen-bond donors (Lipinski definition) is 1. The Balaban J connectivity index is 1.74. The maximum Gasteiger partial charge on any atom is 0.573 e. The van der Waals surface area contributed by atoms with E-state index in [9.17, 15) is 18.0 Å². The van der Waals surface area contributed by atoms with Crippen LogP contribution in [0, 0.1) is 0 Å². The Kier molecular flexibility index (Phi) is 5.79. The van der Waals surface area contributed by atoms with E-state index in [4.69, 9.17) is 5.11 Å². The molecule has 0 spiro atoms. The summed E-state index contributed by atoms with van der Waals surface area (Å²) in [6.45, 7) is 0. The maximum atomic E-state index is 12.2. The number of carbonyl (C=O) groups is 1. The summed E-state index contributed by atoms with van der Waals surface area (Å²) in [6, 6.07) is 12.7. The Morgan fingerprint density at radius 2 is 1.82 bits per heavy atom. The molecule has 2 aromatic carbocycles. The molecule has 144 valence electrons. The van der Waals surface area contributed by atoms with Crippen molar-refractivity contribution in [2.24, 2.45) is 0 Å². The van der Waals surface area contributed by atoms with Crippen LogP contribution in [-0.4, -0.2) is 22.4 Å². The zero-order valence-electron chi connectivity index (χ0n) is 14.3. The van der Waals surface area contributed by atoms with E-state index in [2.05, 4.69) is 9.72 Å². The molecule has 1 heterocycles. The minimum absolute atomic E-state index is 0.0742. The Hall–Kier alpha value is -3.13. The molecule has 3 rings (SSSR count). The molecule has 0 bridgehead atoms. The van der Waals surface area contributed by atoms with Gasteiger partial charge in [-0.05, 0) is 41.5 Å². The van der Waals surface area contributed by atoms with Gasteiger partial charge in [0.15, 0.2) is 0 Å². The molecule has 1 N–H and O–H groups in total. The van der Waals surface area contributed by atoms with Gasteiger partial charge < -0.3 is 9.84 Å². The second kappa shape index (κ2) is 8.26. The monoisotopic (exact) mass is 405 g/mol. The zero-order valence-corrected chi connectivity index (χ0v) is 15.1. The van der Waals surface area contributed by atoms with Crippen LogP contribution < -0.4 is 4.74 Å². The highest BCUT2D eigenvalue weighted by Crippen LogP contribution is 2.28. The number of carboxylic acids is 1. The van der Waals surface area contributed by atoms with Gasteiger partial charge in [-0.1, -0.05) is 30.3 Å². The Labute approximate surface area is 162 Å². The van der Waals surface area contributed by atoms with Crippen LogP contribution in [0.25, 0.3) is 22.7 Å². The number of carboxylic acid groups (broad SMARTS) is 1. The van der Waals surface area contributed by atoms with Crippen LogP contribution in [0.15, 0.2) is 53.9 Å². The largest absolute Gasteiger partial charge is 0.573 e. The summed E-state index contributed by atoms with van der Waals surface area (Å²) in [6.07, 6.45) is -1.24. The lowest BCUT2D eigenvalue weighted by atomic mass is 10.0. The summed E-state index contributed by atoms with van der Waals surface area (Å²) in [7, 11) is 0. The van der Waals surface area contributed by atoms with Crippen molar-refractivity contribution in [1.29, 1.82) is 0 Å². The Morgan fingerprint density at radius 3 is 2.50 bits per heavy atom. The number of thiazole rings is 1. The number of aliphatic carboxylic acids is 1. The molecule has 1 aromatic heterocycles. The van der Waals surface area contributed by atoms with Crippen LogP contribution in [0.4, 0.5) is 13.2 Å². The molecule has 8 heteroatoms. The third kappa shape index (κ3) is 5.43. The van der Waals surface area contributed by atoms with Gasteiger partial charge in [-0.15, -0.1) is 24.5 Å². The number of ether oxygens (including phenoxy) is 1. The summed E-state index contributed by atoms with van der Waals surface area (Å²) in [5.74, 6) is -1.20. The van der Waals surface area contributed by atoms with Crippen molar-refractivity contribution < 1.29 is 27.8 Å². The highest BCUT2D eigenvalue weighted by Gasteiger charge is 2.30. The second-order valence-corrected chi connectivity index (χ2v) is 6.61. The van der Waals surface area contributed by atoms with E-state index in [1.54, 1.807) is 24.3 Å². The van der Waals surface area contributed by atoms with Crippen molar-refractivity contribution in [3.63, 3.8) is 0 Å². The predicted molar refractivity (Wildman–Crippen MR) is 101 cm³/mol. The molecule has 3 aromatic rings. The lowest BCUT2D eigenvalue weighted by Gasteiger charge is -2.08. The van der Waals surface area contributed by atoms with E-state index >= 15 is 0 Å². The molecular weight excluding hydrogens is 391 g/mol. The van der Waals surface area contributed by atoms with E-state index in [0.717, 1.165) is 5.56 Å². The number of nitrogens with zero attached hydrogens (tertiary/aromatic N) is 1. The van der Waals surface area contributed by atoms with Gasteiger partial charge in [0.1, 0.15) is 10.8 Å². The molecule has 0 amide bonds. The van der Waals surface area contributed by atoms with Gasteiger partial charge in [0.2, 0.25) is 0 Å². The standard InChI is InChI=1S/C20H14F3NO3S/c21-20(22,23)27-17-9-6-14(7-10-17)19-24-16(12-28-19)8-5-13-3-1-2-4-15(13)11-18(25)26/h1-10,12H,11H2,(H,25,26).